The number of hydrogen-bond acceptors (Lipinski definition) is 1. The second-order valence-electron chi connectivity index (χ2n) is 3.81. The molecule has 0 saturated carbocycles. The summed E-state index contributed by atoms with van der Waals surface area (Å²) in [6.45, 7) is 1.72. The standard InChI is InChI=1S/C12H14BrF2NO/c1-8(16-12(17)5-6-13)7-9-10(14)3-2-4-11(9)15/h2-4,8H,5-7H2,1H3,(H,16,17). The number of benzene rings is 1. The van der Waals surface area contributed by atoms with Gasteiger partial charge >= 0.3 is 0 Å². The summed E-state index contributed by atoms with van der Waals surface area (Å²) in [5, 5.41) is 3.25. The maximum atomic E-state index is 13.3. The largest absolute Gasteiger partial charge is 0.353 e. The van der Waals surface area contributed by atoms with E-state index in [-0.39, 0.29) is 23.9 Å². The zero-order valence-electron chi connectivity index (χ0n) is 9.47. The fourth-order valence-corrected chi connectivity index (χ4v) is 1.88. The Bertz CT molecular complexity index is 378. The van der Waals surface area contributed by atoms with Crippen LogP contribution in [0.5, 0.6) is 0 Å². The van der Waals surface area contributed by atoms with Crippen molar-refractivity contribution < 1.29 is 13.6 Å². The van der Waals surface area contributed by atoms with Crippen molar-refractivity contribution in [2.45, 2.75) is 25.8 Å². The van der Waals surface area contributed by atoms with E-state index in [0.29, 0.717) is 11.8 Å². The normalized spacial score (nSPS) is 12.2. The lowest BCUT2D eigenvalue weighted by Crippen LogP contribution is -2.34. The molecule has 0 saturated heterocycles. The van der Waals surface area contributed by atoms with Crippen LogP contribution in [0.25, 0.3) is 0 Å². The highest BCUT2D eigenvalue weighted by Crippen LogP contribution is 2.14. The smallest absolute Gasteiger partial charge is 0.221 e. The van der Waals surface area contributed by atoms with Gasteiger partial charge in [-0.1, -0.05) is 22.0 Å². The highest BCUT2D eigenvalue weighted by molar-refractivity contribution is 9.09. The third kappa shape index (κ3) is 4.42. The van der Waals surface area contributed by atoms with Crippen molar-refractivity contribution >= 4 is 21.8 Å². The molecule has 0 aliphatic rings. The zero-order chi connectivity index (χ0) is 12.8. The first-order chi connectivity index (χ1) is 8.04. The van der Waals surface area contributed by atoms with Crippen LogP contribution in [0.4, 0.5) is 8.78 Å². The Morgan fingerprint density at radius 3 is 2.53 bits per heavy atom. The molecule has 5 heteroatoms. The number of carbonyl (C=O) groups excluding carboxylic acids is 1. The Labute approximate surface area is 108 Å². The molecule has 2 nitrogen and oxygen atoms in total. The zero-order valence-corrected chi connectivity index (χ0v) is 11.1. The van der Waals surface area contributed by atoms with Crippen LogP contribution in [0.3, 0.4) is 0 Å². The van der Waals surface area contributed by atoms with Crippen LogP contribution in [0.1, 0.15) is 18.9 Å². The van der Waals surface area contributed by atoms with E-state index in [4.69, 9.17) is 0 Å². The second-order valence-corrected chi connectivity index (χ2v) is 4.60. The SMILES string of the molecule is CC(Cc1c(F)cccc1F)NC(=O)CCBr. The highest BCUT2D eigenvalue weighted by Gasteiger charge is 2.13. The molecule has 0 bridgehead atoms. The van der Waals surface area contributed by atoms with E-state index in [2.05, 4.69) is 21.2 Å². The van der Waals surface area contributed by atoms with E-state index in [1.54, 1.807) is 6.92 Å². The van der Waals surface area contributed by atoms with Crippen LogP contribution >= 0.6 is 15.9 Å². The number of amides is 1. The molecule has 0 aliphatic heterocycles. The third-order valence-electron chi connectivity index (χ3n) is 2.30. The fourth-order valence-electron chi connectivity index (χ4n) is 1.52. The molecule has 94 valence electrons. The molecule has 0 fully saturated rings. The molecule has 1 rings (SSSR count). The predicted molar refractivity (Wildman–Crippen MR) is 66.1 cm³/mol. The summed E-state index contributed by atoms with van der Waals surface area (Å²) in [7, 11) is 0. The molecule has 1 aromatic rings. The van der Waals surface area contributed by atoms with Gasteiger partial charge in [-0.2, -0.15) is 0 Å². The van der Waals surface area contributed by atoms with Crippen LogP contribution in [-0.4, -0.2) is 17.3 Å². The summed E-state index contributed by atoms with van der Waals surface area (Å²) < 4.78 is 26.7. The maximum Gasteiger partial charge on any atom is 0.221 e. The number of halogens is 3. The lowest BCUT2D eigenvalue weighted by molar-refractivity contribution is -0.121. The monoisotopic (exact) mass is 305 g/mol. The summed E-state index contributed by atoms with van der Waals surface area (Å²) in [4.78, 5) is 11.3. The number of hydrogen-bond donors (Lipinski definition) is 1. The van der Waals surface area contributed by atoms with Crippen molar-refractivity contribution in [3.8, 4) is 0 Å². The minimum Gasteiger partial charge on any atom is -0.353 e. The first kappa shape index (κ1) is 14.1. The Hall–Kier alpha value is -0.970. The summed E-state index contributed by atoms with van der Waals surface area (Å²) in [5.74, 6) is -1.29. The molecule has 17 heavy (non-hydrogen) atoms. The lowest BCUT2D eigenvalue weighted by Gasteiger charge is -2.14. The molecule has 1 amide bonds. The van der Waals surface area contributed by atoms with Gasteiger partial charge < -0.3 is 5.32 Å². The Morgan fingerprint density at radius 2 is 2.00 bits per heavy atom. The molecule has 0 aliphatic carbocycles. The number of carbonyl (C=O) groups is 1. The van der Waals surface area contributed by atoms with Crippen molar-refractivity contribution in [1.29, 1.82) is 0 Å². The molecule has 1 atom stereocenters. The highest BCUT2D eigenvalue weighted by atomic mass is 79.9. The van der Waals surface area contributed by atoms with Crippen LogP contribution in [0, 0.1) is 11.6 Å². The van der Waals surface area contributed by atoms with E-state index in [1.165, 1.54) is 18.2 Å². The van der Waals surface area contributed by atoms with Gasteiger partial charge in [-0.05, 0) is 25.5 Å². The fraction of sp³-hybridized carbons (Fsp3) is 0.417. The molecule has 0 aromatic heterocycles. The van der Waals surface area contributed by atoms with Gasteiger partial charge in [0.15, 0.2) is 0 Å². The molecule has 1 aromatic carbocycles. The van der Waals surface area contributed by atoms with Crippen molar-refractivity contribution in [2.24, 2.45) is 0 Å². The third-order valence-corrected chi connectivity index (χ3v) is 2.70. The topological polar surface area (TPSA) is 29.1 Å². The molecular formula is C12H14BrF2NO. The van der Waals surface area contributed by atoms with E-state index in [0.717, 1.165) is 0 Å². The lowest BCUT2D eigenvalue weighted by atomic mass is 10.1. The average molecular weight is 306 g/mol. The van der Waals surface area contributed by atoms with Crippen LogP contribution in [0.15, 0.2) is 18.2 Å². The van der Waals surface area contributed by atoms with Crippen molar-refractivity contribution in [1.82, 2.24) is 5.32 Å². The van der Waals surface area contributed by atoms with Crippen molar-refractivity contribution in [2.75, 3.05) is 5.33 Å². The van der Waals surface area contributed by atoms with Crippen LogP contribution < -0.4 is 5.32 Å². The first-order valence-corrected chi connectivity index (χ1v) is 6.45. The molecule has 1 unspecified atom stereocenters. The van der Waals surface area contributed by atoms with Gasteiger partial charge in [0.25, 0.3) is 0 Å². The van der Waals surface area contributed by atoms with Gasteiger partial charge in [0, 0.05) is 23.4 Å². The van der Waals surface area contributed by atoms with E-state index in [1.807, 2.05) is 0 Å². The molecule has 0 radical (unpaired) electrons. The Kier molecular flexibility index (Phi) is 5.55. The molecule has 0 heterocycles. The van der Waals surface area contributed by atoms with Gasteiger partial charge in [0.1, 0.15) is 11.6 Å². The number of nitrogens with one attached hydrogen (secondary N) is 1. The van der Waals surface area contributed by atoms with Crippen molar-refractivity contribution in [3.05, 3.63) is 35.4 Å². The van der Waals surface area contributed by atoms with E-state index < -0.39 is 11.6 Å². The summed E-state index contributed by atoms with van der Waals surface area (Å²) >= 11 is 3.15. The quantitative estimate of drug-likeness (QED) is 0.833. The Balaban J connectivity index is 2.62. The average Bonchev–Trinajstić information content (AvgIpc) is 2.24. The summed E-state index contributed by atoms with van der Waals surface area (Å²) in [6.07, 6.45) is 0.497. The Morgan fingerprint density at radius 1 is 1.41 bits per heavy atom. The maximum absolute atomic E-state index is 13.3. The van der Waals surface area contributed by atoms with Gasteiger partial charge in [-0.3, -0.25) is 4.79 Å². The number of alkyl halides is 1. The molecule has 0 spiro atoms. The van der Waals surface area contributed by atoms with Crippen LogP contribution in [0.2, 0.25) is 0 Å². The minimum atomic E-state index is -0.577. The number of rotatable bonds is 5. The predicted octanol–water partition coefficient (Wildman–Crippen LogP) is 2.80. The first-order valence-electron chi connectivity index (χ1n) is 5.32. The minimum absolute atomic E-state index is 0.0131. The second kappa shape index (κ2) is 6.69. The summed E-state index contributed by atoms with van der Waals surface area (Å²) in [6, 6.07) is 3.45. The molecule has 1 N–H and O–H groups in total. The van der Waals surface area contributed by atoms with Gasteiger partial charge in [-0.15, -0.1) is 0 Å². The van der Waals surface area contributed by atoms with Crippen LogP contribution in [-0.2, 0) is 11.2 Å². The molecular weight excluding hydrogens is 292 g/mol. The van der Waals surface area contributed by atoms with Gasteiger partial charge in [0.2, 0.25) is 5.91 Å². The van der Waals surface area contributed by atoms with E-state index >= 15 is 0 Å². The summed E-state index contributed by atoms with van der Waals surface area (Å²) in [5.41, 5.74) is 0.0131. The van der Waals surface area contributed by atoms with Gasteiger partial charge in [0.05, 0.1) is 0 Å². The van der Waals surface area contributed by atoms with Crippen molar-refractivity contribution in [3.63, 3.8) is 0 Å². The van der Waals surface area contributed by atoms with Gasteiger partial charge in [-0.25, -0.2) is 8.78 Å². The van der Waals surface area contributed by atoms with E-state index in [9.17, 15) is 13.6 Å².